The molecular formula is C21H23N5OSSi. The summed E-state index contributed by atoms with van der Waals surface area (Å²) in [7, 11) is -1.46. The summed E-state index contributed by atoms with van der Waals surface area (Å²) in [6.07, 6.45) is 2.05. The van der Waals surface area contributed by atoms with Gasteiger partial charge in [0.1, 0.15) is 8.07 Å². The molecule has 1 amide bonds. The Balaban J connectivity index is 1.54. The summed E-state index contributed by atoms with van der Waals surface area (Å²) in [5.41, 5.74) is 8.23. The smallest absolute Gasteiger partial charge is 0.265 e. The molecule has 0 saturated carbocycles. The Morgan fingerprint density at radius 1 is 1.17 bits per heavy atom. The molecule has 0 aliphatic heterocycles. The van der Waals surface area contributed by atoms with Crippen LogP contribution in [0, 0.1) is 0 Å². The highest BCUT2D eigenvalue weighted by molar-refractivity contribution is 7.20. The van der Waals surface area contributed by atoms with Crippen molar-refractivity contribution in [3.63, 3.8) is 0 Å². The van der Waals surface area contributed by atoms with Crippen molar-refractivity contribution in [2.75, 3.05) is 11.1 Å². The number of amides is 1. The first-order chi connectivity index (χ1) is 13.8. The largest absolute Gasteiger partial charge is 0.397 e. The van der Waals surface area contributed by atoms with Gasteiger partial charge in [0.2, 0.25) is 0 Å². The van der Waals surface area contributed by atoms with Gasteiger partial charge in [-0.25, -0.2) is 4.68 Å². The average Bonchev–Trinajstić information content (AvgIpc) is 3.30. The van der Waals surface area contributed by atoms with Crippen LogP contribution < -0.4 is 16.4 Å². The zero-order valence-corrected chi connectivity index (χ0v) is 18.5. The second kappa shape index (κ2) is 7.45. The lowest BCUT2D eigenvalue weighted by molar-refractivity contribution is 0.103. The summed E-state index contributed by atoms with van der Waals surface area (Å²) in [6, 6.07) is 15.4. The molecule has 2 aromatic carbocycles. The van der Waals surface area contributed by atoms with Crippen LogP contribution in [0.25, 0.3) is 10.1 Å². The number of carbonyl (C=O) groups is 1. The van der Waals surface area contributed by atoms with E-state index in [0.29, 0.717) is 22.8 Å². The van der Waals surface area contributed by atoms with E-state index in [-0.39, 0.29) is 5.91 Å². The number of hydrogen-bond donors (Lipinski definition) is 2. The molecule has 0 aliphatic rings. The van der Waals surface area contributed by atoms with Crippen molar-refractivity contribution in [2.24, 2.45) is 0 Å². The minimum absolute atomic E-state index is 0.151. The molecular weight excluding hydrogens is 398 g/mol. The van der Waals surface area contributed by atoms with Crippen molar-refractivity contribution >= 4 is 52.1 Å². The van der Waals surface area contributed by atoms with Gasteiger partial charge in [-0.2, -0.15) is 0 Å². The van der Waals surface area contributed by atoms with E-state index in [1.807, 2.05) is 35.1 Å². The van der Waals surface area contributed by atoms with Gasteiger partial charge < -0.3 is 11.1 Å². The minimum Gasteiger partial charge on any atom is -0.397 e. The van der Waals surface area contributed by atoms with Gasteiger partial charge in [-0.05, 0) is 35.2 Å². The maximum absolute atomic E-state index is 12.6. The van der Waals surface area contributed by atoms with Gasteiger partial charge in [-0.3, -0.25) is 4.79 Å². The molecule has 0 aliphatic carbocycles. The van der Waals surface area contributed by atoms with E-state index in [0.717, 1.165) is 21.0 Å². The highest BCUT2D eigenvalue weighted by Gasteiger charge is 2.20. The highest BCUT2D eigenvalue weighted by Crippen LogP contribution is 2.28. The lowest BCUT2D eigenvalue weighted by atomic mass is 10.1. The van der Waals surface area contributed by atoms with Crippen molar-refractivity contribution in [1.29, 1.82) is 0 Å². The summed E-state index contributed by atoms with van der Waals surface area (Å²) >= 11 is 1.47. The van der Waals surface area contributed by atoms with Gasteiger partial charge in [0.05, 0.1) is 28.1 Å². The van der Waals surface area contributed by atoms with Gasteiger partial charge >= 0.3 is 0 Å². The van der Waals surface area contributed by atoms with Crippen LogP contribution in [0.2, 0.25) is 19.6 Å². The Morgan fingerprint density at radius 3 is 2.69 bits per heavy atom. The number of thiophene rings is 1. The van der Waals surface area contributed by atoms with Crippen molar-refractivity contribution in [3.8, 4) is 0 Å². The molecule has 148 valence electrons. The monoisotopic (exact) mass is 421 g/mol. The van der Waals surface area contributed by atoms with E-state index in [9.17, 15) is 4.79 Å². The number of aromatic nitrogens is 3. The molecule has 0 bridgehead atoms. The van der Waals surface area contributed by atoms with Crippen molar-refractivity contribution in [3.05, 3.63) is 65.2 Å². The maximum Gasteiger partial charge on any atom is 0.265 e. The third kappa shape index (κ3) is 4.23. The fourth-order valence-electron chi connectivity index (χ4n) is 2.99. The van der Waals surface area contributed by atoms with Crippen LogP contribution in [0.15, 0.2) is 54.7 Å². The van der Waals surface area contributed by atoms with Crippen molar-refractivity contribution < 1.29 is 4.79 Å². The second-order valence-corrected chi connectivity index (χ2v) is 14.2. The highest BCUT2D eigenvalue weighted by atomic mass is 32.1. The van der Waals surface area contributed by atoms with Crippen LogP contribution in [0.1, 0.15) is 15.2 Å². The van der Waals surface area contributed by atoms with Gasteiger partial charge in [0.25, 0.3) is 5.91 Å². The quantitative estimate of drug-likeness (QED) is 0.378. The third-order valence-corrected chi connectivity index (χ3v) is 7.53. The molecule has 0 atom stereocenters. The van der Waals surface area contributed by atoms with E-state index in [4.69, 9.17) is 5.73 Å². The number of rotatable bonds is 5. The van der Waals surface area contributed by atoms with Gasteiger partial charge in [0, 0.05) is 10.9 Å². The van der Waals surface area contributed by atoms with Crippen LogP contribution >= 0.6 is 11.3 Å². The summed E-state index contributed by atoms with van der Waals surface area (Å²) in [5, 5.41) is 13.6. The standard InChI is InChI=1S/C21H23N5OSSi/c1-29(2,3)20-13-26(25-24-20)12-14-8-9-15-11-19(28-18(15)10-14)21(27)23-17-7-5-4-6-16(17)22/h4-11,13H,12,22H2,1-3H3,(H,23,27). The van der Waals surface area contributed by atoms with Gasteiger partial charge in [0.15, 0.2) is 0 Å². The first kappa shape index (κ1) is 19.3. The summed E-state index contributed by atoms with van der Waals surface area (Å²) in [6.45, 7) is 7.44. The molecule has 0 radical (unpaired) electrons. The van der Waals surface area contributed by atoms with Gasteiger partial charge in [-0.1, -0.05) is 49.1 Å². The Bertz CT molecular complexity index is 1190. The Hall–Kier alpha value is -2.97. The molecule has 3 N–H and O–H groups in total. The van der Waals surface area contributed by atoms with E-state index in [2.05, 4.69) is 47.4 Å². The molecule has 0 unspecified atom stereocenters. The predicted octanol–water partition coefficient (Wildman–Crippen LogP) is 3.92. The SMILES string of the molecule is C[Si](C)(C)c1cn(Cc2ccc3cc(C(=O)Nc4ccccc4N)sc3c2)nn1. The first-order valence-electron chi connectivity index (χ1n) is 9.38. The molecule has 0 spiro atoms. The fraction of sp³-hybridized carbons (Fsp3) is 0.190. The van der Waals surface area contributed by atoms with E-state index >= 15 is 0 Å². The second-order valence-electron chi connectivity index (χ2n) is 8.08. The lowest BCUT2D eigenvalue weighted by Crippen LogP contribution is -2.38. The van der Waals surface area contributed by atoms with Crippen LogP contribution in [-0.4, -0.2) is 29.0 Å². The van der Waals surface area contributed by atoms with Crippen LogP contribution in [-0.2, 0) is 6.54 Å². The number of hydrogen-bond acceptors (Lipinski definition) is 5. The number of benzene rings is 2. The zero-order valence-electron chi connectivity index (χ0n) is 16.6. The topological polar surface area (TPSA) is 85.8 Å². The minimum atomic E-state index is -1.46. The van der Waals surface area contributed by atoms with Gasteiger partial charge in [-0.15, -0.1) is 16.4 Å². The molecule has 4 rings (SSSR count). The third-order valence-electron chi connectivity index (χ3n) is 4.67. The van der Waals surface area contributed by atoms with E-state index < -0.39 is 8.07 Å². The number of nitrogens with one attached hydrogen (secondary N) is 1. The number of nitrogens with zero attached hydrogens (tertiary/aromatic N) is 3. The number of fused-ring (bicyclic) bond motifs is 1. The molecule has 0 fully saturated rings. The number of nitrogens with two attached hydrogens (primary N) is 1. The summed E-state index contributed by atoms with van der Waals surface area (Å²) in [5.74, 6) is -0.151. The number of nitrogen functional groups attached to an aromatic ring is 1. The molecule has 0 saturated heterocycles. The molecule has 29 heavy (non-hydrogen) atoms. The zero-order chi connectivity index (χ0) is 20.6. The number of anilines is 2. The Kier molecular flexibility index (Phi) is 4.97. The maximum atomic E-state index is 12.6. The lowest BCUT2D eigenvalue weighted by Gasteiger charge is -2.09. The first-order valence-corrected chi connectivity index (χ1v) is 13.7. The molecule has 8 heteroatoms. The van der Waals surface area contributed by atoms with Crippen molar-refractivity contribution in [1.82, 2.24) is 15.0 Å². The molecule has 2 heterocycles. The average molecular weight is 422 g/mol. The van der Waals surface area contributed by atoms with Crippen LogP contribution in [0.5, 0.6) is 0 Å². The summed E-state index contributed by atoms with van der Waals surface area (Å²) in [4.78, 5) is 13.3. The molecule has 4 aromatic rings. The number of para-hydroxylation sites is 2. The normalized spacial score (nSPS) is 11.7. The number of carbonyl (C=O) groups excluding carboxylic acids is 1. The fourth-order valence-corrected chi connectivity index (χ4v) is 4.89. The Morgan fingerprint density at radius 2 is 1.97 bits per heavy atom. The Labute approximate surface area is 174 Å². The molecule has 6 nitrogen and oxygen atoms in total. The van der Waals surface area contributed by atoms with E-state index in [1.165, 1.54) is 11.3 Å². The van der Waals surface area contributed by atoms with Crippen LogP contribution in [0.4, 0.5) is 11.4 Å². The predicted molar refractivity (Wildman–Crippen MR) is 123 cm³/mol. The summed E-state index contributed by atoms with van der Waals surface area (Å²) < 4.78 is 2.95. The van der Waals surface area contributed by atoms with Crippen LogP contribution in [0.3, 0.4) is 0 Å². The van der Waals surface area contributed by atoms with E-state index in [1.54, 1.807) is 12.1 Å². The van der Waals surface area contributed by atoms with Crippen molar-refractivity contribution in [2.45, 2.75) is 26.2 Å². The molecule has 2 aromatic heterocycles.